The van der Waals surface area contributed by atoms with Gasteiger partial charge in [-0.25, -0.2) is 22.0 Å². The highest BCUT2D eigenvalue weighted by molar-refractivity contribution is 7.89. The number of esters is 1. The Hall–Kier alpha value is -2.81. The summed E-state index contributed by atoms with van der Waals surface area (Å²) in [7, 11) is -3.20. The van der Waals surface area contributed by atoms with Gasteiger partial charge in [-0.05, 0) is 36.8 Å². The topological polar surface area (TPSA) is 89.5 Å². The van der Waals surface area contributed by atoms with E-state index < -0.39 is 39.5 Å². The Labute approximate surface area is 155 Å². The van der Waals surface area contributed by atoms with Crippen molar-refractivity contribution in [2.45, 2.75) is 18.8 Å². The largest absolute Gasteiger partial charge is 0.449 e. The molecule has 2 aromatic carbocycles. The molecule has 0 heterocycles. The molecule has 0 spiro atoms. The number of rotatable bonds is 6. The number of halogens is 2. The lowest BCUT2D eigenvalue weighted by molar-refractivity contribution is -0.123. The summed E-state index contributed by atoms with van der Waals surface area (Å²) in [4.78, 5) is 24.1. The zero-order chi connectivity index (χ0) is 20.2. The Morgan fingerprint density at radius 2 is 1.74 bits per heavy atom. The van der Waals surface area contributed by atoms with Crippen molar-refractivity contribution in [1.29, 1.82) is 0 Å². The smallest absolute Gasteiger partial charge is 0.338 e. The second-order valence-corrected chi connectivity index (χ2v) is 8.07. The highest BCUT2D eigenvalue weighted by Gasteiger charge is 2.20. The lowest BCUT2D eigenvalue weighted by atomic mass is 10.1. The number of anilines is 1. The summed E-state index contributed by atoms with van der Waals surface area (Å²) in [6, 6.07) is 8.25. The zero-order valence-electron chi connectivity index (χ0n) is 14.5. The fourth-order valence-electron chi connectivity index (χ4n) is 2.15. The molecule has 0 radical (unpaired) electrons. The zero-order valence-corrected chi connectivity index (χ0v) is 15.3. The minimum Gasteiger partial charge on any atom is -0.449 e. The number of carbonyl (C=O) groups excluding carboxylic acids is 2. The lowest BCUT2D eigenvalue weighted by Crippen LogP contribution is -2.30. The molecule has 2 aromatic rings. The molecule has 0 saturated carbocycles. The monoisotopic (exact) mass is 397 g/mol. The van der Waals surface area contributed by atoms with E-state index in [1.54, 1.807) is 0 Å². The third-order valence-electron chi connectivity index (χ3n) is 3.46. The van der Waals surface area contributed by atoms with Crippen LogP contribution in [0.25, 0.3) is 0 Å². The van der Waals surface area contributed by atoms with Crippen LogP contribution in [-0.2, 0) is 25.1 Å². The summed E-state index contributed by atoms with van der Waals surface area (Å²) in [6.45, 7) is 1.28. The first-order valence-corrected chi connectivity index (χ1v) is 9.85. The molecule has 144 valence electrons. The van der Waals surface area contributed by atoms with Crippen LogP contribution in [0.1, 0.15) is 22.8 Å². The van der Waals surface area contributed by atoms with Crippen molar-refractivity contribution in [2.24, 2.45) is 0 Å². The van der Waals surface area contributed by atoms with Gasteiger partial charge in [-0.3, -0.25) is 4.79 Å². The van der Waals surface area contributed by atoms with Crippen molar-refractivity contribution in [3.63, 3.8) is 0 Å². The van der Waals surface area contributed by atoms with Crippen molar-refractivity contribution in [1.82, 2.24) is 0 Å². The fourth-order valence-corrected chi connectivity index (χ4v) is 2.95. The molecule has 27 heavy (non-hydrogen) atoms. The summed E-state index contributed by atoms with van der Waals surface area (Å²) < 4.78 is 54.2. The normalized spacial score (nSPS) is 12.3. The molecule has 0 saturated heterocycles. The van der Waals surface area contributed by atoms with E-state index in [4.69, 9.17) is 4.74 Å². The van der Waals surface area contributed by atoms with Crippen LogP contribution < -0.4 is 5.32 Å². The van der Waals surface area contributed by atoms with Gasteiger partial charge in [0.25, 0.3) is 5.91 Å². The third kappa shape index (κ3) is 6.14. The van der Waals surface area contributed by atoms with Crippen LogP contribution in [0.3, 0.4) is 0 Å². The van der Waals surface area contributed by atoms with Gasteiger partial charge in [-0.2, -0.15) is 0 Å². The first-order valence-electron chi connectivity index (χ1n) is 7.79. The summed E-state index contributed by atoms with van der Waals surface area (Å²) in [6.07, 6.45) is -0.174. The van der Waals surface area contributed by atoms with Gasteiger partial charge in [0, 0.05) is 12.3 Å². The highest BCUT2D eigenvalue weighted by Crippen LogP contribution is 2.16. The second kappa shape index (κ2) is 8.26. The number of hydrogen-bond acceptors (Lipinski definition) is 5. The first-order chi connectivity index (χ1) is 12.5. The van der Waals surface area contributed by atoms with E-state index in [9.17, 15) is 26.8 Å². The summed E-state index contributed by atoms with van der Waals surface area (Å²) in [5.74, 6) is -3.37. The maximum Gasteiger partial charge on any atom is 0.338 e. The van der Waals surface area contributed by atoms with E-state index in [0.717, 1.165) is 24.5 Å². The van der Waals surface area contributed by atoms with Crippen LogP contribution in [0.5, 0.6) is 0 Å². The molecule has 0 fully saturated rings. The SMILES string of the molecule is CC(OC(=O)c1ccc(CS(C)(=O)=O)cc1)C(=O)Nc1cc(F)ccc1F. The number of hydrogen-bond donors (Lipinski definition) is 1. The van der Waals surface area contributed by atoms with Gasteiger partial charge < -0.3 is 10.1 Å². The van der Waals surface area contributed by atoms with Crippen molar-refractivity contribution in [2.75, 3.05) is 11.6 Å². The Bertz CT molecular complexity index is 958. The average Bonchev–Trinajstić information content (AvgIpc) is 2.57. The predicted molar refractivity (Wildman–Crippen MR) is 94.9 cm³/mol. The van der Waals surface area contributed by atoms with Crippen LogP contribution in [0, 0.1) is 11.6 Å². The molecule has 0 aliphatic carbocycles. The molecule has 1 unspecified atom stereocenters. The summed E-state index contributed by atoms with van der Waals surface area (Å²) >= 11 is 0. The molecule has 1 N–H and O–H groups in total. The molecule has 6 nitrogen and oxygen atoms in total. The molecule has 0 bridgehead atoms. The molecule has 1 amide bonds. The first kappa shape index (κ1) is 20.5. The summed E-state index contributed by atoms with van der Waals surface area (Å²) in [5.41, 5.74) is 0.248. The van der Waals surface area contributed by atoms with Crippen molar-refractivity contribution in [3.8, 4) is 0 Å². The fraction of sp³-hybridized carbons (Fsp3) is 0.222. The average molecular weight is 397 g/mol. The maximum absolute atomic E-state index is 13.5. The Morgan fingerprint density at radius 3 is 2.33 bits per heavy atom. The molecule has 0 aromatic heterocycles. The van der Waals surface area contributed by atoms with Crippen LogP contribution in [-0.4, -0.2) is 32.7 Å². The Morgan fingerprint density at radius 1 is 1.11 bits per heavy atom. The van der Waals surface area contributed by atoms with E-state index in [1.165, 1.54) is 31.2 Å². The van der Waals surface area contributed by atoms with Crippen LogP contribution in [0.15, 0.2) is 42.5 Å². The Kier molecular flexibility index (Phi) is 6.27. The second-order valence-electron chi connectivity index (χ2n) is 5.93. The van der Waals surface area contributed by atoms with Gasteiger partial charge in [-0.1, -0.05) is 12.1 Å². The molecular weight excluding hydrogens is 380 g/mol. The van der Waals surface area contributed by atoms with Gasteiger partial charge in [0.2, 0.25) is 0 Å². The number of sulfone groups is 1. The van der Waals surface area contributed by atoms with Crippen molar-refractivity contribution in [3.05, 3.63) is 65.2 Å². The molecule has 9 heteroatoms. The van der Waals surface area contributed by atoms with Gasteiger partial charge >= 0.3 is 5.97 Å². The number of benzene rings is 2. The third-order valence-corrected chi connectivity index (χ3v) is 4.32. The van der Waals surface area contributed by atoms with Crippen molar-refractivity contribution < 1.29 is 31.5 Å². The van der Waals surface area contributed by atoms with Crippen LogP contribution >= 0.6 is 0 Å². The maximum atomic E-state index is 13.5. The quantitative estimate of drug-likeness (QED) is 0.757. The van der Waals surface area contributed by atoms with E-state index in [-0.39, 0.29) is 17.0 Å². The van der Waals surface area contributed by atoms with Crippen LogP contribution in [0.2, 0.25) is 0 Å². The molecule has 1 atom stereocenters. The lowest BCUT2D eigenvalue weighted by Gasteiger charge is -2.14. The van der Waals surface area contributed by atoms with Crippen LogP contribution in [0.4, 0.5) is 14.5 Å². The standard InChI is InChI=1S/C18H17F2NO5S/c1-11(17(22)21-16-9-14(19)7-8-15(16)20)26-18(23)13-5-3-12(4-6-13)10-27(2,24)25/h3-9,11H,10H2,1-2H3,(H,21,22). The molecular formula is C18H17F2NO5S. The summed E-state index contributed by atoms with van der Waals surface area (Å²) in [5, 5.41) is 2.14. The number of amides is 1. The minimum atomic E-state index is -3.20. The minimum absolute atomic E-state index is 0.115. The highest BCUT2D eigenvalue weighted by atomic mass is 32.2. The van der Waals surface area contributed by atoms with E-state index >= 15 is 0 Å². The molecule has 0 aliphatic heterocycles. The van der Waals surface area contributed by atoms with E-state index in [1.807, 2.05) is 0 Å². The van der Waals surface area contributed by atoms with E-state index in [2.05, 4.69) is 5.32 Å². The van der Waals surface area contributed by atoms with Gasteiger partial charge in [0.05, 0.1) is 17.0 Å². The van der Waals surface area contributed by atoms with E-state index in [0.29, 0.717) is 5.56 Å². The molecule has 0 aliphatic rings. The Balaban J connectivity index is 2.00. The number of carbonyl (C=O) groups is 2. The molecule has 2 rings (SSSR count). The predicted octanol–water partition coefficient (Wildman–Crippen LogP) is 2.69. The number of nitrogens with one attached hydrogen (secondary N) is 1. The van der Waals surface area contributed by atoms with Crippen molar-refractivity contribution >= 4 is 27.4 Å². The van der Waals surface area contributed by atoms with Gasteiger partial charge in [0.1, 0.15) is 11.6 Å². The van der Waals surface area contributed by atoms with Gasteiger partial charge in [0.15, 0.2) is 15.9 Å². The van der Waals surface area contributed by atoms with Gasteiger partial charge in [-0.15, -0.1) is 0 Å². The number of ether oxygens (including phenoxy) is 1.